The van der Waals surface area contributed by atoms with Crippen LogP contribution in [0.5, 0.6) is 17.2 Å². The fourth-order valence-electron chi connectivity index (χ4n) is 2.57. The third kappa shape index (κ3) is 4.91. The van der Waals surface area contributed by atoms with Crippen LogP contribution in [0.15, 0.2) is 42.9 Å². The second-order valence-electron chi connectivity index (χ2n) is 6.41. The van der Waals surface area contributed by atoms with Gasteiger partial charge in [-0.3, -0.25) is 15.1 Å². The Morgan fingerprint density at radius 3 is 2.52 bits per heavy atom. The topological polar surface area (TPSA) is 112 Å². The number of benzene rings is 1. The van der Waals surface area contributed by atoms with Gasteiger partial charge in [0.1, 0.15) is 11.5 Å². The minimum Gasteiger partial charge on any atom is -0.496 e. The Morgan fingerprint density at radius 1 is 1.17 bits per heavy atom. The molecule has 0 fully saturated rings. The van der Waals surface area contributed by atoms with Gasteiger partial charge >= 0.3 is 0 Å². The number of nitrogens with one attached hydrogen (secondary N) is 1. The average molecular weight is 505 g/mol. The number of nitrogen functional groups attached to an aromatic ring is 1. The van der Waals surface area contributed by atoms with Crippen LogP contribution >= 0.6 is 22.6 Å². The summed E-state index contributed by atoms with van der Waals surface area (Å²) >= 11 is 2.18. The molecule has 8 nitrogen and oxygen atoms in total. The van der Waals surface area contributed by atoms with Crippen molar-refractivity contribution >= 4 is 40.3 Å². The van der Waals surface area contributed by atoms with Gasteiger partial charge in [-0.15, -0.1) is 0 Å². The first kappa shape index (κ1) is 20.8. The quantitative estimate of drug-likeness (QED) is 0.482. The van der Waals surface area contributed by atoms with Crippen molar-refractivity contribution in [2.45, 2.75) is 19.8 Å². The highest BCUT2D eigenvalue weighted by Crippen LogP contribution is 2.37. The predicted octanol–water partition coefficient (Wildman–Crippen LogP) is 4.24. The van der Waals surface area contributed by atoms with Crippen molar-refractivity contribution in [3.63, 3.8) is 0 Å². The Kier molecular flexibility index (Phi) is 6.47. The first-order chi connectivity index (χ1) is 13.9. The van der Waals surface area contributed by atoms with E-state index in [2.05, 4.69) is 56.7 Å². The Hall–Kier alpha value is -2.95. The molecule has 0 spiro atoms. The van der Waals surface area contributed by atoms with Gasteiger partial charge in [-0.05, 0) is 52.8 Å². The van der Waals surface area contributed by atoms with E-state index in [1.54, 1.807) is 19.2 Å². The van der Waals surface area contributed by atoms with E-state index < -0.39 is 0 Å². The second-order valence-corrected chi connectivity index (χ2v) is 7.58. The van der Waals surface area contributed by atoms with E-state index in [4.69, 9.17) is 15.2 Å². The van der Waals surface area contributed by atoms with Gasteiger partial charge in [-0.1, -0.05) is 13.8 Å². The molecule has 3 N–H and O–H groups in total. The number of pyridine rings is 1. The second kappa shape index (κ2) is 9.03. The number of aromatic nitrogens is 3. The summed E-state index contributed by atoms with van der Waals surface area (Å²) in [5, 5.41) is 2.60. The lowest BCUT2D eigenvalue weighted by Gasteiger charge is -2.17. The molecule has 0 radical (unpaired) electrons. The van der Waals surface area contributed by atoms with Crippen LogP contribution in [-0.2, 0) is 0 Å². The van der Waals surface area contributed by atoms with Crippen LogP contribution in [-0.4, -0.2) is 28.0 Å². The first-order valence-corrected chi connectivity index (χ1v) is 9.86. The maximum absolute atomic E-state index is 12.2. The Morgan fingerprint density at radius 2 is 1.90 bits per heavy atom. The number of methoxy groups -OCH3 is 1. The van der Waals surface area contributed by atoms with Crippen molar-refractivity contribution in [1.82, 2.24) is 15.0 Å². The number of carbonyl (C=O) groups excluding carboxylic acids is 1. The van der Waals surface area contributed by atoms with Gasteiger partial charge in [0.2, 0.25) is 5.95 Å². The number of amides is 1. The zero-order chi connectivity index (χ0) is 21.0. The predicted molar refractivity (Wildman–Crippen MR) is 119 cm³/mol. The molecule has 2 heterocycles. The molecule has 1 aromatic carbocycles. The molecule has 0 aliphatic carbocycles. The Balaban J connectivity index is 1.83. The van der Waals surface area contributed by atoms with Crippen LogP contribution < -0.4 is 20.5 Å². The maximum Gasteiger partial charge on any atom is 0.258 e. The first-order valence-electron chi connectivity index (χ1n) is 8.78. The molecule has 3 aromatic rings. The molecule has 150 valence electrons. The molecular formula is C20H20IN5O3. The number of hydrogen-bond donors (Lipinski definition) is 2. The summed E-state index contributed by atoms with van der Waals surface area (Å²) < 4.78 is 12.3. The summed E-state index contributed by atoms with van der Waals surface area (Å²) in [5.41, 5.74) is 7.45. The number of carbonyl (C=O) groups is 1. The average Bonchev–Trinajstić information content (AvgIpc) is 2.70. The lowest BCUT2D eigenvalue weighted by molar-refractivity contribution is 0.102. The SMILES string of the molecule is COc1cc(C(C)C)c(Oc2cnc(NC(=O)c3ccncc3)nc2N)cc1I. The third-order valence-corrected chi connectivity index (χ3v) is 4.92. The van der Waals surface area contributed by atoms with Crippen molar-refractivity contribution in [1.29, 1.82) is 0 Å². The van der Waals surface area contributed by atoms with Crippen molar-refractivity contribution in [3.05, 3.63) is 57.6 Å². The normalized spacial score (nSPS) is 10.7. The minimum absolute atomic E-state index is 0.0880. The molecule has 0 bridgehead atoms. The van der Waals surface area contributed by atoms with E-state index in [1.807, 2.05) is 12.1 Å². The third-order valence-electron chi connectivity index (χ3n) is 4.08. The number of rotatable bonds is 6. The summed E-state index contributed by atoms with van der Waals surface area (Å²) in [4.78, 5) is 24.4. The number of halogens is 1. The molecule has 0 aliphatic heterocycles. The number of anilines is 2. The van der Waals surface area contributed by atoms with Gasteiger partial charge in [-0.25, -0.2) is 4.98 Å². The van der Waals surface area contributed by atoms with Crippen molar-refractivity contribution in [2.75, 3.05) is 18.2 Å². The molecule has 9 heteroatoms. The van der Waals surface area contributed by atoms with Gasteiger partial charge in [0, 0.05) is 23.5 Å². The van der Waals surface area contributed by atoms with E-state index >= 15 is 0 Å². The van der Waals surface area contributed by atoms with Gasteiger partial charge in [0.15, 0.2) is 11.6 Å². The summed E-state index contributed by atoms with van der Waals surface area (Å²) in [6.45, 7) is 4.12. The van der Waals surface area contributed by atoms with E-state index in [1.165, 1.54) is 18.6 Å². The summed E-state index contributed by atoms with van der Waals surface area (Å²) in [6.07, 6.45) is 4.50. The number of hydrogen-bond acceptors (Lipinski definition) is 7. The highest BCUT2D eigenvalue weighted by molar-refractivity contribution is 14.1. The molecular weight excluding hydrogens is 485 g/mol. The molecule has 29 heavy (non-hydrogen) atoms. The molecule has 0 saturated carbocycles. The zero-order valence-electron chi connectivity index (χ0n) is 16.1. The molecule has 2 aromatic heterocycles. The highest BCUT2D eigenvalue weighted by Gasteiger charge is 2.16. The largest absolute Gasteiger partial charge is 0.496 e. The maximum atomic E-state index is 12.2. The zero-order valence-corrected chi connectivity index (χ0v) is 18.3. The summed E-state index contributed by atoms with van der Waals surface area (Å²) in [5.74, 6) is 1.78. The van der Waals surface area contributed by atoms with Gasteiger partial charge in [0.25, 0.3) is 5.91 Å². The standard InChI is InChI=1S/C20H20IN5O3/c1-11(2)13-8-16(28-3)14(21)9-15(13)29-17-10-24-20(25-18(17)22)26-19(27)12-4-6-23-7-5-12/h4-11H,1-3H3,(H3,22,24,25,26,27). The molecule has 0 aliphatic rings. The number of nitrogens with zero attached hydrogens (tertiary/aromatic N) is 3. The van der Waals surface area contributed by atoms with Crippen LogP contribution in [0.1, 0.15) is 35.7 Å². The lowest BCUT2D eigenvalue weighted by Crippen LogP contribution is -2.15. The minimum atomic E-state index is -0.354. The Bertz CT molecular complexity index is 1030. The molecule has 0 saturated heterocycles. The van der Waals surface area contributed by atoms with Crippen LogP contribution in [0.2, 0.25) is 0 Å². The molecule has 0 atom stereocenters. The molecule has 0 unspecified atom stereocenters. The van der Waals surface area contributed by atoms with Crippen molar-refractivity contribution < 1.29 is 14.3 Å². The number of ether oxygens (including phenoxy) is 2. The van der Waals surface area contributed by atoms with Gasteiger partial charge in [0.05, 0.1) is 16.9 Å². The van der Waals surface area contributed by atoms with E-state index in [0.717, 1.165) is 14.9 Å². The summed E-state index contributed by atoms with van der Waals surface area (Å²) in [6, 6.07) is 7.01. The van der Waals surface area contributed by atoms with Crippen LogP contribution in [0, 0.1) is 3.57 Å². The van der Waals surface area contributed by atoms with Crippen LogP contribution in [0.4, 0.5) is 11.8 Å². The smallest absolute Gasteiger partial charge is 0.258 e. The summed E-state index contributed by atoms with van der Waals surface area (Å²) in [7, 11) is 1.63. The molecule has 1 amide bonds. The van der Waals surface area contributed by atoms with Crippen molar-refractivity contribution in [2.24, 2.45) is 0 Å². The fraction of sp³-hybridized carbons (Fsp3) is 0.200. The van der Waals surface area contributed by atoms with Crippen molar-refractivity contribution in [3.8, 4) is 17.2 Å². The van der Waals surface area contributed by atoms with E-state index in [-0.39, 0.29) is 23.6 Å². The van der Waals surface area contributed by atoms with E-state index in [0.29, 0.717) is 17.1 Å². The number of nitrogens with two attached hydrogens (primary N) is 1. The highest BCUT2D eigenvalue weighted by atomic mass is 127. The Labute approximate surface area is 182 Å². The van der Waals surface area contributed by atoms with Gasteiger partial charge in [-0.2, -0.15) is 4.98 Å². The lowest BCUT2D eigenvalue weighted by atomic mass is 10.0. The van der Waals surface area contributed by atoms with Crippen LogP contribution in [0.25, 0.3) is 0 Å². The van der Waals surface area contributed by atoms with Gasteiger partial charge < -0.3 is 15.2 Å². The van der Waals surface area contributed by atoms with E-state index in [9.17, 15) is 4.79 Å². The van der Waals surface area contributed by atoms with Crippen LogP contribution in [0.3, 0.4) is 0 Å². The monoisotopic (exact) mass is 505 g/mol. The fourth-order valence-corrected chi connectivity index (χ4v) is 3.22. The molecule has 3 rings (SSSR count).